The number of rotatable bonds is 4. The lowest BCUT2D eigenvalue weighted by molar-refractivity contribution is 0.555. The first kappa shape index (κ1) is 34.4. The van der Waals surface area contributed by atoms with Gasteiger partial charge in [-0.1, -0.05) is 117 Å². The SMILES string of the molecule is CC1(C)c2cc(/C=C/C3C=C4C(=CC3)c3ccc(N5CCCC6=C5C=CCC6)cc3C43Cc4ccccc4C3)ccc2-c2ccc(N3CCCc4ccccc43)cc21. The molecule has 0 saturated carbocycles. The summed E-state index contributed by atoms with van der Waals surface area (Å²) in [6.07, 6.45) is 25.4. The maximum Gasteiger partial charge on any atom is 0.0443 e. The Hall–Kier alpha value is -5.60. The first-order chi connectivity index (χ1) is 28.4. The standard InChI is InChI=1S/C56H52N2/c1-55(2)49-31-37(21-25-45(49)46-27-23-43(33-50(46)55)57-29-9-15-39-11-5-7-17-53(39)57)19-20-38-22-26-47-48-28-24-44(58-30-10-16-40-12-6-8-18-54(40)58)34-52(48)56(51(47)32-38)35-41-13-3-4-14-42(41)36-56/h3-5,7-8,11,13-14,17-21,23-28,31-34,38H,6,9-10,12,15-16,22,29-30,35-36H2,1-2H3/b20-19+. The van der Waals surface area contributed by atoms with Crippen molar-refractivity contribution in [3.05, 3.63) is 195 Å². The number of benzene rings is 5. The second kappa shape index (κ2) is 13.0. The molecule has 0 fully saturated rings. The van der Waals surface area contributed by atoms with Crippen molar-refractivity contribution < 1.29 is 0 Å². The van der Waals surface area contributed by atoms with Crippen LogP contribution in [0.3, 0.4) is 0 Å². The Morgan fingerprint density at radius 2 is 1.34 bits per heavy atom. The van der Waals surface area contributed by atoms with E-state index in [9.17, 15) is 0 Å². The summed E-state index contributed by atoms with van der Waals surface area (Å²) >= 11 is 0. The summed E-state index contributed by atoms with van der Waals surface area (Å²) in [5.74, 6) is 0.365. The second-order valence-electron chi connectivity index (χ2n) is 18.6. The molecule has 0 radical (unpaired) electrons. The zero-order valence-corrected chi connectivity index (χ0v) is 34.0. The minimum Gasteiger partial charge on any atom is -0.342 e. The van der Waals surface area contributed by atoms with Crippen LogP contribution in [0.5, 0.6) is 0 Å². The summed E-state index contributed by atoms with van der Waals surface area (Å²) in [5.41, 5.74) is 24.6. The van der Waals surface area contributed by atoms with Gasteiger partial charge in [0.1, 0.15) is 0 Å². The van der Waals surface area contributed by atoms with E-state index in [4.69, 9.17) is 0 Å². The van der Waals surface area contributed by atoms with Gasteiger partial charge in [0.25, 0.3) is 0 Å². The van der Waals surface area contributed by atoms with E-state index < -0.39 is 0 Å². The maximum absolute atomic E-state index is 2.66. The van der Waals surface area contributed by atoms with Crippen molar-refractivity contribution >= 4 is 28.7 Å². The zero-order chi connectivity index (χ0) is 38.6. The van der Waals surface area contributed by atoms with Crippen molar-refractivity contribution in [2.75, 3.05) is 22.9 Å². The van der Waals surface area contributed by atoms with Gasteiger partial charge in [-0.15, -0.1) is 0 Å². The predicted octanol–water partition coefficient (Wildman–Crippen LogP) is 13.4. The van der Waals surface area contributed by atoms with E-state index in [1.807, 2.05) is 0 Å². The third kappa shape index (κ3) is 5.16. The predicted molar refractivity (Wildman–Crippen MR) is 243 cm³/mol. The van der Waals surface area contributed by atoms with Gasteiger partial charge in [0, 0.05) is 46.7 Å². The second-order valence-corrected chi connectivity index (χ2v) is 18.6. The molecule has 5 aromatic carbocycles. The average Bonchev–Trinajstić information content (AvgIpc) is 3.87. The summed E-state index contributed by atoms with van der Waals surface area (Å²) in [4.78, 5) is 5.17. The minimum atomic E-state index is -0.0673. The Morgan fingerprint density at radius 1 is 0.655 bits per heavy atom. The van der Waals surface area contributed by atoms with E-state index in [0.29, 0.717) is 5.92 Å². The van der Waals surface area contributed by atoms with Crippen molar-refractivity contribution in [3.63, 3.8) is 0 Å². The molecule has 2 aliphatic heterocycles. The van der Waals surface area contributed by atoms with Gasteiger partial charge >= 0.3 is 0 Å². The van der Waals surface area contributed by atoms with E-state index in [-0.39, 0.29) is 10.8 Å². The third-order valence-electron chi connectivity index (χ3n) is 15.0. The van der Waals surface area contributed by atoms with Crippen molar-refractivity contribution in [1.82, 2.24) is 0 Å². The van der Waals surface area contributed by atoms with Crippen molar-refractivity contribution in [3.8, 4) is 11.1 Å². The monoisotopic (exact) mass is 752 g/mol. The highest BCUT2D eigenvalue weighted by Crippen LogP contribution is 2.59. The molecular formula is C56H52N2. The van der Waals surface area contributed by atoms with Crippen molar-refractivity contribution in [2.45, 2.75) is 82.5 Å². The molecule has 0 amide bonds. The summed E-state index contributed by atoms with van der Waals surface area (Å²) in [5, 5.41) is 0. The molecule has 2 heterocycles. The largest absolute Gasteiger partial charge is 0.342 e. The molecule has 0 saturated heterocycles. The topological polar surface area (TPSA) is 6.48 Å². The number of hydrogen-bond donors (Lipinski definition) is 0. The van der Waals surface area contributed by atoms with Crippen molar-refractivity contribution in [2.24, 2.45) is 5.92 Å². The molecule has 0 N–H and O–H groups in total. The van der Waals surface area contributed by atoms with Gasteiger partial charge in [-0.3, -0.25) is 0 Å². The smallest absolute Gasteiger partial charge is 0.0443 e. The van der Waals surface area contributed by atoms with E-state index >= 15 is 0 Å². The summed E-state index contributed by atoms with van der Waals surface area (Å²) in [6.45, 7) is 7.02. The number of para-hydroxylation sites is 1. The average molecular weight is 753 g/mol. The molecule has 1 spiro atoms. The lowest BCUT2D eigenvalue weighted by atomic mass is 9.73. The van der Waals surface area contributed by atoms with Crippen LogP contribution in [-0.2, 0) is 30.1 Å². The molecule has 1 unspecified atom stereocenters. The normalized spacial score (nSPS) is 21.6. The van der Waals surface area contributed by atoms with Crippen LogP contribution < -0.4 is 9.80 Å². The fourth-order valence-corrected chi connectivity index (χ4v) is 12.1. The molecule has 1 atom stereocenters. The quantitative estimate of drug-likeness (QED) is 0.180. The Balaban J connectivity index is 0.861. The highest BCUT2D eigenvalue weighted by atomic mass is 15.1. The van der Waals surface area contributed by atoms with Crippen LogP contribution in [0.25, 0.3) is 22.8 Å². The van der Waals surface area contributed by atoms with Gasteiger partial charge in [0.15, 0.2) is 0 Å². The summed E-state index contributed by atoms with van der Waals surface area (Å²) in [7, 11) is 0. The lowest BCUT2D eigenvalue weighted by Crippen LogP contribution is -2.30. The third-order valence-corrected chi connectivity index (χ3v) is 15.0. The molecule has 286 valence electrons. The highest BCUT2D eigenvalue weighted by molar-refractivity contribution is 5.93. The maximum atomic E-state index is 2.66. The molecule has 7 aliphatic rings. The highest BCUT2D eigenvalue weighted by Gasteiger charge is 2.50. The molecular weight excluding hydrogens is 701 g/mol. The molecule has 5 aromatic rings. The van der Waals surface area contributed by atoms with Crippen LogP contribution >= 0.6 is 0 Å². The van der Waals surface area contributed by atoms with Crippen LogP contribution in [0, 0.1) is 5.92 Å². The minimum absolute atomic E-state index is 0.0126. The Labute approximate surface area is 344 Å². The number of fused-ring (bicyclic) bond motifs is 10. The van der Waals surface area contributed by atoms with Crippen LogP contribution in [-0.4, -0.2) is 13.1 Å². The van der Waals surface area contributed by atoms with Gasteiger partial charge < -0.3 is 9.80 Å². The summed E-state index contributed by atoms with van der Waals surface area (Å²) in [6, 6.07) is 40.1. The number of allylic oxidation sites excluding steroid dienone is 8. The zero-order valence-electron chi connectivity index (χ0n) is 34.0. The molecule has 58 heavy (non-hydrogen) atoms. The molecule has 12 rings (SSSR count). The van der Waals surface area contributed by atoms with Crippen molar-refractivity contribution in [1.29, 1.82) is 0 Å². The Kier molecular flexibility index (Phi) is 7.69. The Bertz CT molecular complexity index is 2690. The fourth-order valence-electron chi connectivity index (χ4n) is 12.1. The number of anilines is 3. The van der Waals surface area contributed by atoms with Crippen LogP contribution in [0.2, 0.25) is 0 Å². The number of hydrogen-bond acceptors (Lipinski definition) is 2. The first-order valence-corrected chi connectivity index (χ1v) is 22.1. The van der Waals surface area contributed by atoms with E-state index in [1.165, 1.54) is 117 Å². The van der Waals surface area contributed by atoms with Gasteiger partial charge in [-0.2, -0.15) is 0 Å². The Morgan fingerprint density at radius 3 is 2.19 bits per heavy atom. The lowest BCUT2D eigenvalue weighted by Gasteiger charge is -2.35. The van der Waals surface area contributed by atoms with Crippen LogP contribution in [0.15, 0.2) is 150 Å². The molecule has 5 aliphatic carbocycles. The fraction of sp³-hybridized carbons (Fsp3) is 0.286. The molecule has 0 aromatic heterocycles. The molecule has 0 bridgehead atoms. The van der Waals surface area contributed by atoms with Crippen LogP contribution in [0.4, 0.5) is 17.1 Å². The van der Waals surface area contributed by atoms with Gasteiger partial charge in [-0.25, -0.2) is 0 Å². The van der Waals surface area contributed by atoms with Gasteiger partial charge in [0.05, 0.1) is 0 Å². The van der Waals surface area contributed by atoms with E-state index in [1.54, 1.807) is 16.7 Å². The first-order valence-electron chi connectivity index (χ1n) is 22.1. The van der Waals surface area contributed by atoms with Gasteiger partial charge in [0.2, 0.25) is 0 Å². The number of aryl methyl sites for hydroxylation is 1. The van der Waals surface area contributed by atoms with E-state index in [2.05, 4.69) is 163 Å². The number of nitrogens with zero attached hydrogens (tertiary/aromatic N) is 2. The van der Waals surface area contributed by atoms with Crippen LogP contribution in [0.1, 0.15) is 96.9 Å². The van der Waals surface area contributed by atoms with E-state index in [0.717, 1.165) is 32.4 Å². The van der Waals surface area contributed by atoms with Gasteiger partial charge in [-0.05, 0) is 172 Å². The molecule has 2 nitrogen and oxygen atoms in total. The molecule has 2 heteroatoms. The summed E-state index contributed by atoms with van der Waals surface area (Å²) < 4.78 is 0.